The van der Waals surface area contributed by atoms with E-state index in [1.54, 1.807) is 0 Å². The van der Waals surface area contributed by atoms with E-state index in [1.165, 1.54) is 6.92 Å². The normalized spacial score (nSPS) is 41.7. The van der Waals surface area contributed by atoms with Gasteiger partial charge in [0.05, 0.1) is 25.4 Å². The van der Waals surface area contributed by atoms with Gasteiger partial charge in [-0.25, -0.2) is 0 Å². The summed E-state index contributed by atoms with van der Waals surface area (Å²) < 4.78 is 17.2. The molecule has 31 heavy (non-hydrogen) atoms. The highest BCUT2D eigenvalue weighted by Gasteiger charge is 2.54. The molecule has 0 saturated carbocycles. The second-order valence-corrected chi connectivity index (χ2v) is 8.65. The van der Waals surface area contributed by atoms with Crippen molar-refractivity contribution in [3.8, 4) is 0 Å². The summed E-state index contributed by atoms with van der Waals surface area (Å²) in [7, 11) is 0. The largest absolute Gasteiger partial charge is 0.394 e. The number of carbonyl (C=O) groups excluding carboxylic acids is 1. The quantitative estimate of drug-likeness (QED) is 0.211. The van der Waals surface area contributed by atoms with Gasteiger partial charge in [0, 0.05) is 6.92 Å². The van der Waals surface area contributed by atoms with Gasteiger partial charge in [-0.15, -0.1) is 0 Å². The lowest BCUT2D eigenvalue weighted by Crippen LogP contribution is -2.69. The molecule has 2 rings (SSSR count). The Hall–Kier alpha value is -0.890. The predicted molar refractivity (Wildman–Crippen MR) is 107 cm³/mol. The van der Waals surface area contributed by atoms with Crippen LogP contribution in [0, 0.1) is 5.41 Å². The Bertz CT molecular complexity index is 586. The monoisotopic (exact) mass is 451 g/mol. The van der Waals surface area contributed by atoms with Crippen LogP contribution in [0.4, 0.5) is 0 Å². The molecule has 2 aliphatic heterocycles. The number of nitrogens with one attached hydrogen (secondary N) is 1. The van der Waals surface area contributed by atoms with E-state index in [2.05, 4.69) is 5.32 Å². The van der Waals surface area contributed by atoms with Gasteiger partial charge in [0.1, 0.15) is 42.7 Å². The molecule has 11 heteroatoms. The van der Waals surface area contributed by atoms with E-state index < -0.39 is 79.8 Å². The zero-order chi connectivity index (χ0) is 23.5. The Balaban J connectivity index is 2.31. The molecule has 2 fully saturated rings. The van der Waals surface area contributed by atoms with Gasteiger partial charge in [0.15, 0.2) is 6.29 Å². The second-order valence-electron chi connectivity index (χ2n) is 8.65. The molecule has 0 aromatic heterocycles. The number of hydrogen-bond donors (Lipinski definition) is 7. The van der Waals surface area contributed by atoms with E-state index in [4.69, 9.17) is 14.2 Å². The lowest BCUT2D eigenvalue weighted by atomic mass is 9.72. The van der Waals surface area contributed by atoms with Crippen LogP contribution in [0.25, 0.3) is 0 Å². The molecule has 7 N–H and O–H groups in total. The maximum Gasteiger partial charge on any atom is 0.217 e. The van der Waals surface area contributed by atoms with E-state index in [0.717, 1.165) is 0 Å². The van der Waals surface area contributed by atoms with Gasteiger partial charge in [0.2, 0.25) is 5.91 Å². The summed E-state index contributed by atoms with van der Waals surface area (Å²) in [5, 5.41) is 63.3. The first kappa shape index (κ1) is 26.4. The summed E-state index contributed by atoms with van der Waals surface area (Å²) in [6, 6.07) is -0.875. The van der Waals surface area contributed by atoms with Gasteiger partial charge >= 0.3 is 0 Å². The number of rotatable bonds is 8. The molecule has 2 heterocycles. The van der Waals surface area contributed by atoms with Crippen molar-refractivity contribution in [1.82, 2.24) is 5.32 Å². The molecule has 182 valence electrons. The fraction of sp³-hybridized carbons (Fsp3) is 0.950. The van der Waals surface area contributed by atoms with E-state index >= 15 is 0 Å². The highest BCUT2D eigenvalue weighted by molar-refractivity contribution is 5.73. The highest BCUT2D eigenvalue weighted by Crippen LogP contribution is 2.40. The topological polar surface area (TPSA) is 178 Å². The molecule has 0 spiro atoms. The molecular weight excluding hydrogens is 414 g/mol. The van der Waals surface area contributed by atoms with Crippen molar-refractivity contribution in [2.24, 2.45) is 5.41 Å². The van der Waals surface area contributed by atoms with Crippen LogP contribution < -0.4 is 5.32 Å². The SMILES string of the molecule is CCC(C)(CC)[C@@H]1OC(CO)[C@@H](O[C@@H]2OC(CO)[C@H](O)C(O)C2O)C(O)C1NC(C)=O. The van der Waals surface area contributed by atoms with Crippen molar-refractivity contribution >= 4 is 5.91 Å². The van der Waals surface area contributed by atoms with Crippen molar-refractivity contribution in [3.05, 3.63) is 0 Å². The summed E-state index contributed by atoms with van der Waals surface area (Å²) in [4.78, 5) is 11.8. The third kappa shape index (κ3) is 5.37. The Morgan fingerprint density at radius 1 is 0.935 bits per heavy atom. The average Bonchev–Trinajstić information content (AvgIpc) is 2.75. The van der Waals surface area contributed by atoms with Crippen LogP contribution in [0.5, 0.6) is 0 Å². The van der Waals surface area contributed by atoms with Gasteiger partial charge in [0.25, 0.3) is 0 Å². The Kier molecular flexibility index (Phi) is 9.20. The zero-order valence-corrected chi connectivity index (χ0v) is 18.4. The number of aliphatic hydroxyl groups is 6. The molecule has 2 aliphatic rings. The van der Waals surface area contributed by atoms with Gasteiger partial charge in [-0.1, -0.05) is 20.8 Å². The van der Waals surface area contributed by atoms with Gasteiger partial charge in [-0.2, -0.15) is 0 Å². The Labute approximate surface area is 181 Å². The number of aliphatic hydroxyl groups excluding tert-OH is 6. The first-order chi connectivity index (χ1) is 14.5. The van der Waals surface area contributed by atoms with Crippen molar-refractivity contribution in [3.63, 3.8) is 0 Å². The number of ether oxygens (including phenoxy) is 3. The van der Waals surface area contributed by atoms with Crippen LogP contribution >= 0.6 is 0 Å². The van der Waals surface area contributed by atoms with Crippen molar-refractivity contribution in [2.75, 3.05) is 13.2 Å². The maximum atomic E-state index is 11.8. The van der Waals surface area contributed by atoms with Gasteiger partial charge < -0.3 is 50.2 Å². The Morgan fingerprint density at radius 3 is 2.00 bits per heavy atom. The first-order valence-electron chi connectivity index (χ1n) is 10.7. The van der Waals surface area contributed by atoms with E-state index in [9.17, 15) is 35.4 Å². The highest BCUT2D eigenvalue weighted by atomic mass is 16.7. The predicted octanol–water partition coefficient (Wildman–Crippen LogP) is -2.38. The molecule has 0 radical (unpaired) electrons. The number of carbonyl (C=O) groups is 1. The molecule has 2 saturated heterocycles. The molecule has 1 amide bonds. The van der Waals surface area contributed by atoms with E-state index in [-0.39, 0.29) is 5.91 Å². The number of hydrogen-bond acceptors (Lipinski definition) is 10. The summed E-state index contributed by atoms with van der Waals surface area (Å²) in [5.41, 5.74) is -0.421. The molecule has 6 unspecified atom stereocenters. The minimum atomic E-state index is -1.68. The third-order valence-corrected chi connectivity index (χ3v) is 6.71. The molecule has 0 aromatic rings. The maximum absolute atomic E-state index is 11.8. The minimum absolute atomic E-state index is 0.388. The fourth-order valence-corrected chi connectivity index (χ4v) is 4.25. The van der Waals surface area contributed by atoms with Crippen LogP contribution in [-0.4, -0.2) is 111 Å². The minimum Gasteiger partial charge on any atom is -0.394 e. The molecule has 0 aliphatic carbocycles. The summed E-state index contributed by atoms with van der Waals surface area (Å²) >= 11 is 0. The van der Waals surface area contributed by atoms with Crippen LogP contribution in [0.2, 0.25) is 0 Å². The van der Waals surface area contributed by atoms with Crippen LogP contribution in [0.15, 0.2) is 0 Å². The smallest absolute Gasteiger partial charge is 0.217 e. The van der Waals surface area contributed by atoms with E-state index in [1.807, 2.05) is 20.8 Å². The van der Waals surface area contributed by atoms with Crippen molar-refractivity contribution < 1.29 is 49.6 Å². The summed E-state index contributed by atoms with van der Waals surface area (Å²) in [6.07, 6.45) is -10.5. The summed E-state index contributed by atoms with van der Waals surface area (Å²) in [6.45, 7) is 6.05. The Morgan fingerprint density at radius 2 is 1.52 bits per heavy atom. The molecule has 0 aromatic carbocycles. The lowest BCUT2D eigenvalue weighted by molar-refractivity contribution is -0.339. The van der Waals surface area contributed by atoms with Crippen LogP contribution in [0.3, 0.4) is 0 Å². The van der Waals surface area contributed by atoms with E-state index in [0.29, 0.717) is 12.8 Å². The van der Waals surface area contributed by atoms with Crippen LogP contribution in [0.1, 0.15) is 40.5 Å². The third-order valence-electron chi connectivity index (χ3n) is 6.71. The van der Waals surface area contributed by atoms with Gasteiger partial charge in [-0.3, -0.25) is 4.79 Å². The summed E-state index contributed by atoms with van der Waals surface area (Å²) in [5.74, 6) is -0.388. The zero-order valence-electron chi connectivity index (χ0n) is 18.4. The first-order valence-corrected chi connectivity index (χ1v) is 10.7. The fourth-order valence-electron chi connectivity index (χ4n) is 4.25. The molecular formula is C20H37NO10. The standard InChI is InChI=1S/C20H37NO10/c1-5-20(4,6-2)18-12(21-9(3)24)14(26)17(11(8-23)29-18)31-19-16(28)15(27)13(25)10(7-22)30-19/h10-19,22-23,25-28H,5-8H2,1-4H3,(H,21,24)/t10?,11?,12?,13-,14?,15?,16?,17+,18+,19-/m0/s1. The van der Waals surface area contributed by atoms with Crippen molar-refractivity contribution in [1.29, 1.82) is 0 Å². The van der Waals surface area contributed by atoms with Crippen molar-refractivity contribution in [2.45, 2.75) is 102 Å². The van der Waals surface area contributed by atoms with Gasteiger partial charge in [-0.05, 0) is 18.3 Å². The molecule has 0 bridgehead atoms. The number of amides is 1. The second kappa shape index (κ2) is 10.8. The molecule has 11 nitrogen and oxygen atoms in total. The van der Waals surface area contributed by atoms with Crippen LogP contribution in [-0.2, 0) is 19.0 Å². The molecule has 10 atom stereocenters. The average molecular weight is 452 g/mol. The lowest BCUT2D eigenvalue weighted by Gasteiger charge is -2.51.